The quantitative estimate of drug-likeness (QED) is 0.262. The van der Waals surface area contributed by atoms with Crippen LogP contribution in [0.3, 0.4) is 0 Å². The van der Waals surface area contributed by atoms with Crippen LogP contribution in [0, 0.1) is 0 Å². The van der Waals surface area contributed by atoms with Crippen LogP contribution in [0.4, 0.5) is 0 Å². The Morgan fingerprint density at radius 2 is 0.943 bits per heavy atom. The van der Waals surface area contributed by atoms with E-state index in [0.717, 1.165) is 5.56 Å². The minimum absolute atomic E-state index is 0.0885. The SMILES string of the molecule is OB(O)c1cccc(-c2cccc([Si](c3ccccc3)(c3ccccc3)c3ccccc3)c2)c1O. The van der Waals surface area contributed by atoms with Crippen molar-refractivity contribution in [3.05, 3.63) is 133 Å². The molecular weight excluding hydrogens is 447 g/mol. The molecule has 0 saturated heterocycles. The van der Waals surface area contributed by atoms with Gasteiger partial charge in [0.15, 0.2) is 8.07 Å². The van der Waals surface area contributed by atoms with Crippen molar-refractivity contribution < 1.29 is 15.2 Å². The lowest BCUT2D eigenvalue weighted by molar-refractivity contribution is 0.420. The van der Waals surface area contributed by atoms with Gasteiger partial charge < -0.3 is 15.2 Å². The number of hydrogen-bond donors (Lipinski definition) is 3. The summed E-state index contributed by atoms with van der Waals surface area (Å²) in [6.45, 7) is 0. The third-order valence-corrected chi connectivity index (χ3v) is 11.3. The van der Waals surface area contributed by atoms with Crippen LogP contribution in [-0.2, 0) is 0 Å². The van der Waals surface area contributed by atoms with Gasteiger partial charge in [-0.15, -0.1) is 0 Å². The van der Waals surface area contributed by atoms with Gasteiger partial charge in [0.1, 0.15) is 5.75 Å². The molecule has 5 heteroatoms. The van der Waals surface area contributed by atoms with Crippen LogP contribution < -0.4 is 26.2 Å². The Kier molecular flexibility index (Phi) is 6.38. The highest BCUT2D eigenvalue weighted by atomic mass is 28.3. The number of aromatic hydroxyl groups is 1. The Bertz CT molecular complexity index is 1330. The van der Waals surface area contributed by atoms with Crippen molar-refractivity contribution in [2.24, 2.45) is 0 Å². The van der Waals surface area contributed by atoms with E-state index in [-0.39, 0.29) is 11.2 Å². The maximum Gasteiger partial charge on any atom is 0.492 e. The average Bonchev–Trinajstić information content (AvgIpc) is 2.91. The Morgan fingerprint density at radius 3 is 1.43 bits per heavy atom. The molecule has 0 bridgehead atoms. The van der Waals surface area contributed by atoms with Gasteiger partial charge >= 0.3 is 7.12 Å². The first-order chi connectivity index (χ1) is 17.1. The molecule has 0 fully saturated rings. The number of phenolic OH excluding ortho intramolecular Hbond substituents is 1. The molecule has 3 nitrogen and oxygen atoms in total. The van der Waals surface area contributed by atoms with Gasteiger partial charge in [0, 0.05) is 11.0 Å². The summed E-state index contributed by atoms with van der Waals surface area (Å²) in [5, 5.41) is 35.2. The predicted molar refractivity (Wildman–Crippen MR) is 147 cm³/mol. The van der Waals surface area contributed by atoms with Gasteiger partial charge in [0.2, 0.25) is 0 Å². The smallest absolute Gasteiger partial charge is 0.492 e. The summed E-state index contributed by atoms with van der Waals surface area (Å²) in [5.74, 6) is -0.119. The van der Waals surface area contributed by atoms with Gasteiger partial charge in [0.05, 0.1) is 0 Å². The minimum atomic E-state index is -2.70. The summed E-state index contributed by atoms with van der Waals surface area (Å²) in [7, 11) is -4.44. The second-order valence-electron chi connectivity index (χ2n) is 8.55. The lowest BCUT2D eigenvalue weighted by atomic mass is 9.78. The minimum Gasteiger partial charge on any atom is -0.508 e. The molecule has 0 spiro atoms. The summed E-state index contributed by atoms with van der Waals surface area (Å²) in [6.07, 6.45) is 0. The molecule has 0 aliphatic carbocycles. The molecule has 0 heterocycles. The number of phenols is 1. The van der Waals surface area contributed by atoms with Crippen LogP contribution in [0.5, 0.6) is 5.75 Å². The van der Waals surface area contributed by atoms with Crippen LogP contribution >= 0.6 is 0 Å². The normalized spacial score (nSPS) is 11.3. The Labute approximate surface area is 206 Å². The molecule has 0 unspecified atom stereocenters. The highest BCUT2D eigenvalue weighted by Gasteiger charge is 2.41. The van der Waals surface area contributed by atoms with Crippen molar-refractivity contribution in [2.75, 3.05) is 0 Å². The lowest BCUT2D eigenvalue weighted by Gasteiger charge is -2.34. The maximum atomic E-state index is 10.8. The predicted octanol–water partition coefficient (Wildman–Crippen LogP) is 2.12. The molecule has 0 radical (unpaired) electrons. The molecule has 35 heavy (non-hydrogen) atoms. The van der Waals surface area contributed by atoms with Gasteiger partial charge in [-0.25, -0.2) is 0 Å². The molecule has 0 saturated carbocycles. The van der Waals surface area contributed by atoms with Crippen LogP contribution in [0.25, 0.3) is 11.1 Å². The molecule has 5 aromatic rings. The van der Waals surface area contributed by atoms with E-state index < -0.39 is 15.2 Å². The van der Waals surface area contributed by atoms with Crippen LogP contribution in [0.1, 0.15) is 0 Å². The van der Waals surface area contributed by atoms with Crippen LogP contribution in [-0.4, -0.2) is 30.3 Å². The third-order valence-electron chi connectivity index (χ3n) is 6.57. The standard InChI is InChI=1S/C30H25BO3Si/c32-30-28(20-11-21-29(30)31(33)34)23-12-10-19-27(22-23)35(24-13-4-1-5-14-24,25-15-6-2-7-16-25)26-17-8-3-9-18-26/h1-22,32-34H. The Hall–Kier alpha value is -3.90. The topological polar surface area (TPSA) is 60.7 Å². The van der Waals surface area contributed by atoms with E-state index >= 15 is 0 Å². The summed E-state index contributed by atoms with van der Waals surface area (Å²) < 4.78 is 0. The number of rotatable bonds is 6. The summed E-state index contributed by atoms with van der Waals surface area (Å²) in [6, 6.07) is 45.2. The van der Waals surface area contributed by atoms with Gasteiger partial charge in [-0.05, 0) is 26.3 Å². The Balaban J connectivity index is 1.83. The molecule has 170 valence electrons. The van der Waals surface area contributed by atoms with E-state index in [9.17, 15) is 15.2 Å². The van der Waals surface area contributed by atoms with E-state index in [1.54, 1.807) is 12.1 Å². The van der Waals surface area contributed by atoms with E-state index in [0.29, 0.717) is 5.56 Å². The first-order valence-electron chi connectivity index (χ1n) is 11.6. The fraction of sp³-hybridized carbons (Fsp3) is 0. The number of benzene rings is 5. The zero-order valence-corrected chi connectivity index (χ0v) is 20.1. The van der Waals surface area contributed by atoms with E-state index in [4.69, 9.17) is 0 Å². The summed E-state index contributed by atoms with van der Waals surface area (Å²) in [4.78, 5) is 0. The molecule has 5 aromatic carbocycles. The van der Waals surface area contributed by atoms with E-state index in [1.807, 2.05) is 30.3 Å². The van der Waals surface area contributed by atoms with Crippen molar-refractivity contribution in [1.82, 2.24) is 0 Å². The Morgan fingerprint density at radius 1 is 0.486 bits per heavy atom. The highest BCUT2D eigenvalue weighted by molar-refractivity contribution is 7.19. The average molecular weight is 472 g/mol. The van der Waals surface area contributed by atoms with Crippen molar-refractivity contribution >= 4 is 41.4 Å². The molecule has 0 atom stereocenters. The molecule has 3 N–H and O–H groups in total. The zero-order chi connectivity index (χ0) is 24.3. The first-order valence-corrected chi connectivity index (χ1v) is 13.6. The zero-order valence-electron chi connectivity index (χ0n) is 19.1. The summed E-state index contributed by atoms with van der Waals surface area (Å²) in [5.41, 5.74) is 1.47. The third kappa shape index (κ3) is 4.10. The fourth-order valence-corrected chi connectivity index (χ4v) is 9.78. The molecule has 0 aliphatic heterocycles. The van der Waals surface area contributed by atoms with Crippen molar-refractivity contribution in [3.8, 4) is 16.9 Å². The van der Waals surface area contributed by atoms with Crippen molar-refractivity contribution in [2.45, 2.75) is 0 Å². The molecule has 0 aliphatic rings. The van der Waals surface area contributed by atoms with Crippen molar-refractivity contribution in [3.63, 3.8) is 0 Å². The molecule has 5 rings (SSSR count). The first kappa shape index (κ1) is 22.9. The lowest BCUT2D eigenvalue weighted by Crippen LogP contribution is -2.74. The van der Waals surface area contributed by atoms with Crippen molar-refractivity contribution in [1.29, 1.82) is 0 Å². The second kappa shape index (κ2) is 9.76. The largest absolute Gasteiger partial charge is 0.508 e. The van der Waals surface area contributed by atoms with Crippen LogP contribution in [0.15, 0.2) is 133 Å². The van der Waals surface area contributed by atoms with Gasteiger partial charge in [0.25, 0.3) is 0 Å². The van der Waals surface area contributed by atoms with Crippen LogP contribution in [0.2, 0.25) is 0 Å². The fourth-order valence-electron chi connectivity index (χ4n) is 4.99. The summed E-state index contributed by atoms with van der Waals surface area (Å²) >= 11 is 0. The maximum absolute atomic E-state index is 10.8. The number of hydrogen-bond acceptors (Lipinski definition) is 3. The molecule has 0 amide bonds. The monoisotopic (exact) mass is 472 g/mol. The van der Waals surface area contributed by atoms with E-state index in [2.05, 4.69) is 84.9 Å². The van der Waals surface area contributed by atoms with Gasteiger partial charge in [-0.3, -0.25) is 0 Å². The van der Waals surface area contributed by atoms with Gasteiger partial charge in [-0.1, -0.05) is 133 Å². The number of para-hydroxylation sites is 1. The molecule has 0 aromatic heterocycles. The second-order valence-corrected chi connectivity index (χ2v) is 12.4. The van der Waals surface area contributed by atoms with Gasteiger partial charge in [-0.2, -0.15) is 0 Å². The molecular formula is C30H25BO3Si. The van der Waals surface area contributed by atoms with E-state index in [1.165, 1.54) is 26.8 Å². The highest BCUT2D eigenvalue weighted by Crippen LogP contribution is 2.27.